The van der Waals surface area contributed by atoms with E-state index in [-0.39, 0.29) is 34.9 Å². The maximum atomic E-state index is 11.4. The maximum Gasteiger partial charge on any atom is 0.187 e. The van der Waals surface area contributed by atoms with E-state index in [9.17, 15) is 17.5 Å². The second-order valence-corrected chi connectivity index (χ2v) is 14.5. The van der Waals surface area contributed by atoms with Crippen molar-refractivity contribution in [2.45, 2.75) is 65.3 Å². The normalized spacial score (nSPS) is 29.3. The van der Waals surface area contributed by atoms with Crippen LogP contribution in [0.5, 0.6) is 0 Å². The summed E-state index contributed by atoms with van der Waals surface area (Å²) < 4.78 is 47.7. The zero-order chi connectivity index (χ0) is 17.8. The first-order chi connectivity index (χ1) is 10.4. The van der Waals surface area contributed by atoms with E-state index < -0.39 is 30.5 Å². The molecule has 0 aromatic heterocycles. The van der Waals surface area contributed by atoms with Crippen LogP contribution in [0.2, 0.25) is 19.1 Å². The van der Waals surface area contributed by atoms with Gasteiger partial charge in [0.05, 0.1) is 11.5 Å². The fraction of sp³-hybridized carbons (Fsp3) is 1.00. The molecule has 0 amide bonds. The Labute approximate surface area is 146 Å². The average molecular weight is 385 g/mol. The summed E-state index contributed by atoms with van der Waals surface area (Å²) in [5.74, 6) is 0.169. The number of rotatable bonds is 7. The van der Waals surface area contributed by atoms with Gasteiger partial charge in [-0.05, 0) is 43.3 Å². The van der Waals surface area contributed by atoms with Gasteiger partial charge in [-0.25, -0.2) is 8.42 Å². The fourth-order valence-electron chi connectivity index (χ4n) is 3.99. The molecule has 0 aromatic rings. The minimum absolute atomic E-state index is 0.0184. The third kappa shape index (κ3) is 8.35. The summed E-state index contributed by atoms with van der Waals surface area (Å²) in [6.07, 6.45) is 2.57. The van der Waals surface area contributed by atoms with E-state index in [1.165, 1.54) is 0 Å². The Morgan fingerprint density at radius 3 is 2.13 bits per heavy atom. The first-order valence-corrected chi connectivity index (χ1v) is 13.9. The molecule has 0 aromatic carbocycles. The van der Waals surface area contributed by atoms with Crippen LogP contribution in [0.15, 0.2) is 0 Å². The van der Waals surface area contributed by atoms with Gasteiger partial charge in [0.15, 0.2) is 30.5 Å². The smallest absolute Gasteiger partial charge is 0.187 e. The summed E-state index contributed by atoms with van der Waals surface area (Å²) in [5.41, 5.74) is 0.186. The molecule has 0 aliphatic heterocycles. The molecule has 0 radical (unpaired) electrons. The monoisotopic (exact) mass is 384 g/mol. The Kier molecular flexibility index (Phi) is 8.08. The topological polar surface area (TPSA) is 83.8 Å². The third-order valence-electron chi connectivity index (χ3n) is 4.26. The molecule has 1 fully saturated rings. The van der Waals surface area contributed by atoms with E-state index >= 15 is 0 Å². The van der Waals surface area contributed by atoms with Crippen LogP contribution in [0.1, 0.15) is 40.0 Å². The van der Waals surface area contributed by atoms with Gasteiger partial charge in [-0.3, -0.25) is 0 Å². The molecule has 1 rings (SSSR count). The van der Waals surface area contributed by atoms with Crippen LogP contribution in [0.3, 0.4) is 0 Å². The molecule has 8 heteroatoms. The molecule has 2 unspecified atom stereocenters. The summed E-state index contributed by atoms with van der Waals surface area (Å²) in [6, 6.07) is 1.02. The van der Waals surface area contributed by atoms with Gasteiger partial charge in [-0.15, -0.1) is 0 Å². The van der Waals surface area contributed by atoms with Crippen LogP contribution in [0.4, 0.5) is 0 Å². The summed E-state index contributed by atoms with van der Waals surface area (Å²) in [4.78, 5) is 0. The standard InChI is InChI=1S/C15H32O5S2Si/c1-15(2,3)11-23(4,5)20-14-8-6-7-12(9-21(16)17)13(14)10-22(18)19/h12-14H,6-11H2,1-5H3,(H,16,17)(H,18,19)/t12-,13-,14+/m1/s1. The van der Waals surface area contributed by atoms with Crippen LogP contribution in [0.25, 0.3) is 0 Å². The summed E-state index contributed by atoms with van der Waals surface area (Å²) in [5, 5.41) is 0. The molecule has 0 spiro atoms. The van der Waals surface area contributed by atoms with E-state index in [0.29, 0.717) is 0 Å². The summed E-state index contributed by atoms with van der Waals surface area (Å²) in [6.45, 7) is 11.0. The molecule has 5 atom stereocenters. The lowest BCUT2D eigenvalue weighted by molar-refractivity contribution is 0.0626. The Hall–Kier alpha value is 0.397. The molecule has 1 aliphatic rings. The summed E-state index contributed by atoms with van der Waals surface area (Å²) >= 11 is -3.79. The van der Waals surface area contributed by atoms with Crippen LogP contribution >= 0.6 is 0 Å². The van der Waals surface area contributed by atoms with Crippen molar-refractivity contribution in [3.63, 3.8) is 0 Å². The summed E-state index contributed by atoms with van der Waals surface area (Å²) in [7, 11) is -1.91. The van der Waals surface area contributed by atoms with Gasteiger partial charge in [-0.2, -0.15) is 0 Å². The quantitative estimate of drug-likeness (QED) is 0.518. The molecular weight excluding hydrogens is 352 g/mol. The van der Waals surface area contributed by atoms with E-state index in [0.717, 1.165) is 25.3 Å². The molecule has 5 nitrogen and oxygen atoms in total. The lowest BCUT2D eigenvalue weighted by Crippen LogP contribution is -2.47. The zero-order valence-corrected chi connectivity index (χ0v) is 17.5. The molecule has 1 saturated carbocycles. The first kappa shape index (κ1) is 21.4. The molecular formula is C15H32O5S2Si. The van der Waals surface area contributed by atoms with Crippen molar-refractivity contribution in [1.82, 2.24) is 0 Å². The second-order valence-electron chi connectivity index (χ2n) is 8.48. The van der Waals surface area contributed by atoms with E-state index in [4.69, 9.17) is 4.43 Å². The van der Waals surface area contributed by atoms with Gasteiger partial charge >= 0.3 is 0 Å². The van der Waals surface area contributed by atoms with Gasteiger partial charge in [-0.1, -0.05) is 27.2 Å². The molecule has 1 aliphatic carbocycles. The average Bonchev–Trinajstić information content (AvgIpc) is 2.28. The molecule has 23 heavy (non-hydrogen) atoms. The van der Waals surface area contributed by atoms with E-state index in [2.05, 4.69) is 33.9 Å². The first-order valence-electron chi connectivity index (χ1n) is 8.22. The highest BCUT2D eigenvalue weighted by Crippen LogP contribution is 2.37. The van der Waals surface area contributed by atoms with Crippen molar-refractivity contribution in [3.05, 3.63) is 0 Å². The molecule has 0 saturated heterocycles. The van der Waals surface area contributed by atoms with Gasteiger partial charge in [0.25, 0.3) is 0 Å². The van der Waals surface area contributed by atoms with E-state index in [1.54, 1.807) is 0 Å². The predicted molar refractivity (Wildman–Crippen MR) is 98.7 cm³/mol. The Morgan fingerprint density at radius 1 is 1.09 bits per heavy atom. The van der Waals surface area contributed by atoms with Crippen molar-refractivity contribution in [2.24, 2.45) is 17.3 Å². The lowest BCUT2D eigenvalue weighted by Gasteiger charge is -2.42. The third-order valence-corrected chi connectivity index (χ3v) is 8.50. The Morgan fingerprint density at radius 2 is 1.65 bits per heavy atom. The van der Waals surface area contributed by atoms with Crippen molar-refractivity contribution in [2.75, 3.05) is 11.5 Å². The van der Waals surface area contributed by atoms with Gasteiger partial charge in [0.1, 0.15) is 0 Å². The van der Waals surface area contributed by atoms with Gasteiger partial charge < -0.3 is 13.5 Å². The highest BCUT2D eigenvalue weighted by atomic mass is 32.2. The maximum absolute atomic E-state index is 11.4. The molecule has 138 valence electrons. The predicted octanol–water partition coefficient (Wildman–Crippen LogP) is 3.48. The Balaban J connectivity index is 2.87. The highest BCUT2D eigenvalue weighted by Gasteiger charge is 2.40. The van der Waals surface area contributed by atoms with Crippen LogP contribution in [0, 0.1) is 17.3 Å². The zero-order valence-electron chi connectivity index (χ0n) is 14.9. The van der Waals surface area contributed by atoms with E-state index in [1.807, 2.05) is 0 Å². The minimum atomic E-state index is -1.91. The number of hydrogen-bond donors (Lipinski definition) is 2. The molecule has 0 heterocycles. The molecule has 0 bridgehead atoms. The van der Waals surface area contributed by atoms with Crippen LogP contribution < -0.4 is 0 Å². The Bertz CT molecular complexity index is 436. The largest absolute Gasteiger partial charge is 0.414 e. The highest BCUT2D eigenvalue weighted by molar-refractivity contribution is 7.79. The van der Waals surface area contributed by atoms with Crippen molar-refractivity contribution < 1.29 is 21.9 Å². The van der Waals surface area contributed by atoms with Crippen LogP contribution in [-0.2, 0) is 26.6 Å². The second kappa shape index (κ2) is 8.67. The van der Waals surface area contributed by atoms with Crippen molar-refractivity contribution >= 4 is 30.5 Å². The van der Waals surface area contributed by atoms with Crippen LogP contribution in [-0.4, -0.2) is 43.5 Å². The SMILES string of the molecule is CC(C)(C)C[Si](C)(C)O[C@H]1CCC[C@H](CS(=O)O)[C@H]1CS(=O)O. The fourth-order valence-corrected chi connectivity index (χ4v) is 9.33. The lowest BCUT2D eigenvalue weighted by atomic mass is 9.79. The van der Waals surface area contributed by atoms with Crippen molar-refractivity contribution in [3.8, 4) is 0 Å². The minimum Gasteiger partial charge on any atom is -0.414 e. The molecule has 2 N–H and O–H groups in total. The van der Waals surface area contributed by atoms with Gasteiger partial charge in [0.2, 0.25) is 0 Å². The number of hydrogen-bond acceptors (Lipinski definition) is 3. The van der Waals surface area contributed by atoms with Gasteiger partial charge in [0, 0.05) is 12.0 Å². The van der Waals surface area contributed by atoms with Crippen molar-refractivity contribution in [1.29, 1.82) is 0 Å².